The van der Waals surface area contributed by atoms with Crippen LogP contribution in [0.25, 0.3) is 0 Å². The van der Waals surface area contributed by atoms with E-state index in [2.05, 4.69) is 4.72 Å². The molecule has 1 heterocycles. The Morgan fingerprint density at radius 1 is 1.40 bits per heavy atom. The molecule has 15 heavy (non-hydrogen) atoms. The van der Waals surface area contributed by atoms with Crippen molar-refractivity contribution in [3.05, 3.63) is 17.0 Å². The van der Waals surface area contributed by atoms with Crippen LogP contribution in [0.2, 0.25) is 0 Å². The second-order valence-corrected chi connectivity index (χ2v) is 6.98. The zero-order valence-electron chi connectivity index (χ0n) is 9.28. The van der Waals surface area contributed by atoms with E-state index in [4.69, 9.17) is 0 Å². The normalized spacial score (nSPS) is 12.3. The second kappa shape index (κ2) is 5.09. The molecule has 3 nitrogen and oxygen atoms in total. The van der Waals surface area contributed by atoms with Crippen LogP contribution in [-0.2, 0) is 16.4 Å². The molecule has 0 amide bonds. The summed E-state index contributed by atoms with van der Waals surface area (Å²) >= 11 is 1.34. The van der Waals surface area contributed by atoms with Crippen LogP contribution in [0, 0.1) is 5.92 Å². The predicted molar refractivity (Wildman–Crippen MR) is 63.7 cm³/mol. The van der Waals surface area contributed by atoms with E-state index in [0.29, 0.717) is 16.7 Å². The molecular weight excluding hydrogens is 230 g/mol. The van der Waals surface area contributed by atoms with E-state index in [0.717, 1.165) is 11.3 Å². The van der Waals surface area contributed by atoms with Crippen molar-refractivity contribution in [3.63, 3.8) is 0 Å². The van der Waals surface area contributed by atoms with Crippen LogP contribution in [0.3, 0.4) is 0 Å². The summed E-state index contributed by atoms with van der Waals surface area (Å²) in [6, 6.07) is 3.54. The average molecular weight is 247 g/mol. The Balaban J connectivity index is 2.77. The highest BCUT2D eigenvalue weighted by Crippen LogP contribution is 2.21. The molecule has 1 aromatic heterocycles. The van der Waals surface area contributed by atoms with Crippen LogP contribution in [0.5, 0.6) is 0 Å². The standard InChI is InChI=1S/C10H17NO2S2/c1-4-9-5-6-10(14-9)15(12,13)11-7-8(2)3/h5-6,8,11H,4,7H2,1-3H3. The van der Waals surface area contributed by atoms with Crippen LogP contribution in [0.4, 0.5) is 0 Å². The molecule has 1 rings (SSSR count). The minimum Gasteiger partial charge on any atom is -0.210 e. The van der Waals surface area contributed by atoms with E-state index in [1.54, 1.807) is 6.07 Å². The van der Waals surface area contributed by atoms with Crippen molar-refractivity contribution in [2.45, 2.75) is 31.4 Å². The zero-order chi connectivity index (χ0) is 11.5. The predicted octanol–water partition coefficient (Wildman–Crippen LogP) is 2.24. The van der Waals surface area contributed by atoms with Gasteiger partial charge in [-0.1, -0.05) is 20.8 Å². The highest BCUT2D eigenvalue weighted by molar-refractivity contribution is 7.91. The summed E-state index contributed by atoms with van der Waals surface area (Å²) in [4.78, 5) is 1.10. The molecule has 1 N–H and O–H groups in total. The van der Waals surface area contributed by atoms with Gasteiger partial charge in [-0.15, -0.1) is 11.3 Å². The first-order chi connectivity index (χ1) is 6.95. The lowest BCUT2D eigenvalue weighted by Gasteiger charge is -2.06. The maximum Gasteiger partial charge on any atom is 0.250 e. The molecule has 0 fully saturated rings. The Bertz CT molecular complexity index is 407. The summed E-state index contributed by atoms with van der Waals surface area (Å²) in [5, 5.41) is 0. The van der Waals surface area contributed by atoms with Gasteiger partial charge in [-0.3, -0.25) is 0 Å². The molecule has 0 spiro atoms. The topological polar surface area (TPSA) is 46.2 Å². The van der Waals surface area contributed by atoms with Crippen LogP contribution in [0.1, 0.15) is 25.6 Å². The van der Waals surface area contributed by atoms with Crippen molar-refractivity contribution in [1.82, 2.24) is 4.72 Å². The molecule has 0 aliphatic heterocycles. The fraction of sp³-hybridized carbons (Fsp3) is 0.600. The minimum atomic E-state index is -3.28. The zero-order valence-corrected chi connectivity index (χ0v) is 10.9. The fourth-order valence-corrected chi connectivity index (χ4v) is 3.59. The van der Waals surface area contributed by atoms with Crippen LogP contribution >= 0.6 is 11.3 Å². The monoisotopic (exact) mass is 247 g/mol. The van der Waals surface area contributed by atoms with E-state index in [9.17, 15) is 8.42 Å². The van der Waals surface area contributed by atoms with Gasteiger partial charge in [-0.05, 0) is 24.5 Å². The maximum atomic E-state index is 11.8. The highest BCUT2D eigenvalue weighted by atomic mass is 32.2. The minimum absolute atomic E-state index is 0.324. The number of thiophene rings is 1. The van der Waals surface area contributed by atoms with E-state index >= 15 is 0 Å². The number of rotatable bonds is 5. The molecule has 0 aliphatic carbocycles. The van der Waals surface area contributed by atoms with Crippen molar-refractivity contribution in [2.24, 2.45) is 5.92 Å². The van der Waals surface area contributed by atoms with Gasteiger partial charge in [0.2, 0.25) is 10.0 Å². The first-order valence-corrected chi connectivity index (χ1v) is 7.34. The van der Waals surface area contributed by atoms with Crippen molar-refractivity contribution in [1.29, 1.82) is 0 Å². The van der Waals surface area contributed by atoms with Crippen LogP contribution < -0.4 is 4.72 Å². The molecule has 0 bridgehead atoms. The molecular formula is C10H17NO2S2. The summed E-state index contributed by atoms with van der Waals surface area (Å²) < 4.78 is 26.5. The smallest absolute Gasteiger partial charge is 0.210 e. The summed E-state index contributed by atoms with van der Waals surface area (Å²) in [5.74, 6) is 0.324. The highest BCUT2D eigenvalue weighted by Gasteiger charge is 2.16. The molecule has 0 unspecified atom stereocenters. The quantitative estimate of drug-likeness (QED) is 0.867. The van der Waals surface area contributed by atoms with Gasteiger partial charge in [-0.25, -0.2) is 13.1 Å². The number of aryl methyl sites for hydroxylation is 1. The van der Waals surface area contributed by atoms with Crippen LogP contribution in [-0.4, -0.2) is 15.0 Å². The first kappa shape index (κ1) is 12.7. The van der Waals surface area contributed by atoms with Gasteiger partial charge < -0.3 is 0 Å². The Morgan fingerprint density at radius 2 is 2.07 bits per heavy atom. The first-order valence-electron chi connectivity index (χ1n) is 5.04. The Labute approximate surface area is 95.6 Å². The van der Waals surface area contributed by atoms with Gasteiger partial charge in [0, 0.05) is 11.4 Å². The van der Waals surface area contributed by atoms with E-state index in [1.165, 1.54) is 11.3 Å². The van der Waals surface area contributed by atoms with E-state index in [-0.39, 0.29) is 0 Å². The number of hydrogen-bond acceptors (Lipinski definition) is 3. The molecule has 0 saturated heterocycles. The third-order valence-corrected chi connectivity index (χ3v) is 5.08. The van der Waals surface area contributed by atoms with Gasteiger partial charge in [0.1, 0.15) is 4.21 Å². The molecule has 0 aliphatic rings. The number of sulfonamides is 1. The lowest BCUT2D eigenvalue weighted by molar-refractivity contribution is 0.562. The lowest BCUT2D eigenvalue weighted by atomic mass is 10.2. The molecule has 0 saturated carbocycles. The van der Waals surface area contributed by atoms with Crippen LogP contribution in [0.15, 0.2) is 16.3 Å². The summed E-state index contributed by atoms with van der Waals surface area (Å²) in [5.41, 5.74) is 0. The third kappa shape index (κ3) is 3.59. The van der Waals surface area contributed by atoms with Crippen molar-refractivity contribution in [2.75, 3.05) is 6.54 Å². The van der Waals surface area contributed by atoms with E-state index in [1.807, 2.05) is 26.8 Å². The molecule has 0 radical (unpaired) electrons. The summed E-state index contributed by atoms with van der Waals surface area (Å²) in [6.07, 6.45) is 0.879. The summed E-state index contributed by atoms with van der Waals surface area (Å²) in [6.45, 7) is 6.47. The molecule has 1 aromatic rings. The van der Waals surface area contributed by atoms with Gasteiger partial charge in [0.15, 0.2) is 0 Å². The van der Waals surface area contributed by atoms with Gasteiger partial charge in [-0.2, -0.15) is 0 Å². The molecule has 0 aromatic carbocycles. The lowest BCUT2D eigenvalue weighted by Crippen LogP contribution is -2.26. The maximum absolute atomic E-state index is 11.8. The van der Waals surface area contributed by atoms with Crippen molar-refractivity contribution >= 4 is 21.4 Å². The Hall–Kier alpha value is -0.390. The van der Waals surface area contributed by atoms with Crippen molar-refractivity contribution in [3.8, 4) is 0 Å². The molecule has 86 valence electrons. The largest absolute Gasteiger partial charge is 0.250 e. The molecule has 0 atom stereocenters. The SMILES string of the molecule is CCc1ccc(S(=O)(=O)NCC(C)C)s1. The van der Waals surface area contributed by atoms with Gasteiger partial charge in [0.25, 0.3) is 0 Å². The molecule has 5 heteroatoms. The Morgan fingerprint density at radius 3 is 2.53 bits per heavy atom. The van der Waals surface area contributed by atoms with Gasteiger partial charge in [0.05, 0.1) is 0 Å². The summed E-state index contributed by atoms with van der Waals surface area (Å²) in [7, 11) is -3.28. The fourth-order valence-electron chi connectivity index (χ4n) is 1.04. The van der Waals surface area contributed by atoms with E-state index < -0.39 is 10.0 Å². The Kier molecular flexibility index (Phi) is 4.31. The van der Waals surface area contributed by atoms with Gasteiger partial charge >= 0.3 is 0 Å². The number of hydrogen-bond donors (Lipinski definition) is 1. The second-order valence-electron chi connectivity index (χ2n) is 3.82. The van der Waals surface area contributed by atoms with Crippen molar-refractivity contribution < 1.29 is 8.42 Å². The number of nitrogens with one attached hydrogen (secondary N) is 1. The average Bonchev–Trinajstić information content (AvgIpc) is 2.63. The third-order valence-electron chi connectivity index (χ3n) is 1.93.